The maximum atomic E-state index is 12.1. The molecule has 1 amide bonds. The molecule has 16 heavy (non-hydrogen) atoms. The second-order valence-corrected chi connectivity index (χ2v) is 4.80. The van der Waals surface area contributed by atoms with E-state index in [1.807, 2.05) is 36.1 Å². The third-order valence-corrected chi connectivity index (χ3v) is 2.67. The molecular formula is C13H19NOS. The fourth-order valence-corrected chi connectivity index (χ4v) is 1.73. The molecule has 0 aliphatic carbocycles. The first-order chi connectivity index (χ1) is 7.54. The Morgan fingerprint density at radius 1 is 1.31 bits per heavy atom. The number of hydrogen-bond acceptors (Lipinski definition) is 2. The van der Waals surface area contributed by atoms with Gasteiger partial charge in [-0.1, -0.05) is 13.8 Å². The summed E-state index contributed by atoms with van der Waals surface area (Å²) in [6, 6.07) is 7.35. The largest absolute Gasteiger partial charge is 0.339 e. The summed E-state index contributed by atoms with van der Waals surface area (Å²) in [5, 5.41) is 0. The minimum absolute atomic E-state index is 0.101. The number of carbonyl (C=O) groups is 1. The predicted octanol–water partition coefficient (Wildman–Crippen LogP) is 3.09. The molecule has 0 spiro atoms. The number of amides is 1. The Hall–Kier alpha value is -0.960. The number of hydrogen-bond donors (Lipinski definition) is 1. The summed E-state index contributed by atoms with van der Waals surface area (Å²) in [6.07, 6.45) is 0. The Kier molecular flexibility index (Phi) is 4.87. The van der Waals surface area contributed by atoms with Gasteiger partial charge in [-0.2, -0.15) is 0 Å². The van der Waals surface area contributed by atoms with E-state index in [0.29, 0.717) is 5.92 Å². The molecule has 1 aromatic rings. The highest BCUT2D eigenvalue weighted by molar-refractivity contribution is 7.80. The van der Waals surface area contributed by atoms with Crippen LogP contribution in [0.5, 0.6) is 0 Å². The summed E-state index contributed by atoms with van der Waals surface area (Å²) in [5.74, 6) is 0.595. The van der Waals surface area contributed by atoms with Crippen molar-refractivity contribution in [1.82, 2.24) is 4.90 Å². The molecule has 0 saturated carbocycles. The molecule has 0 saturated heterocycles. The monoisotopic (exact) mass is 237 g/mol. The first kappa shape index (κ1) is 13.1. The fraction of sp³-hybridized carbons (Fsp3) is 0.462. The van der Waals surface area contributed by atoms with Crippen molar-refractivity contribution in [3.05, 3.63) is 29.8 Å². The second kappa shape index (κ2) is 5.94. The SMILES string of the molecule is CCN(CC(C)C)C(=O)c1ccc(S)cc1. The Morgan fingerprint density at radius 2 is 1.88 bits per heavy atom. The molecule has 0 bridgehead atoms. The summed E-state index contributed by atoms with van der Waals surface area (Å²) >= 11 is 4.21. The third kappa shape index (κ3) is 3.56. The quantitative estimate of drug-likeness (QED) is 0.798. The molecule has 0 aromatic heterocycles. The molecule has 2 nitrogen and oxygen atoms in total. The summed E-state index contributed by atoms with van der Waals surface area (Å²) in [7, 11) is 0. The van der Waals surface area contributed by atoms with E-state index in [9.17, 15) is 4.79 Å². The van der Waals surface area contributed by atoms with Crippen molar-refractivity contribution >= 4 is 18.5 Å². The summed E-state index contributed by atoms with van der Waals surface area (Å²) in [5.41, 5.74) is 0.736. The highest BCUT2D eigenvalue weighted by Crippen LogP contribution is 2.11. The smallest absolute Gasteiger partial charge is 0.253 e. The van der Waals surface area contributed by atoms with Crippen LogP contribution in [0.2, 0.25) is 0 Å². The fourth-order valence-electron chi connectivity index (χ4n) is 1.58. The molecule has 3 heteroatoms. The molecule has 1 rings (SSSR count). The van der Waals surface area contributed by atoms with Gasteiger partial charge in [0.05, 0.1) is 0 Å². The topological polar surface area (TPSA) is 20.3 Å². The summed E-state index contributed by atoms with van der Waals surface area (Å²) in [6.45, 7) is 7.80. The molecule has 0 N–H and O–H groups in total. The third-order valence-electron chi connectivity index (χ3n) is 2.37. The van der Waals surface area contributed by atoms with Crippen LogP contribution in [0.1, 0.15) is 31.1 Å². The van der Waals surface area contributed by atoms with E-state index in [1.54, 1.807) is 0 Å². The Morgan fingerprint density at radius 3 is 2.31 bits per heavy atom. The predicted molar refractivity (Wildman–Crippen MR) is 70.1 cm³/mol. The highest BCUT2D eigenvalue weighted by Gasteiger charge is 2.14. The molecule has 0 aliphatic rings. The van der Waals surface area contributed by atoms with Gasteiger partial charge in [-0.05, 0) is 37.1 Å². The van der Waals surface area contributed by atoms with Gasteiger partial charge in [0, 0.05) is 23.5 Å². The molecule has 0 atom stereocenters. The number of thiol groups is 1. The van der Waals surface area contributed by atoms with Crippen molar-refractivity contribution in [1.29, 1.82) is 0 Å². The average molecular weight is 237 g/mol. The van der Waals surface area contributed by atoms with Gasteiger partial charge in [0.2, 0.25) is 0 Å². The van der Waals surface area contributed by atoms with Crippen LogP contribution in [-0.2, 0) is 0 Å². The van der Waals surface area contributed by atoms with Crippen molar-refractivity contribution in [3.8, 4) is 0 Å². The molecular weight excluding hydrogens is 218 g/mol. The van der Waals surface area contributed by atoms with Crippen LogP contribution in [0.15, 0.2) is 29.2 Å². The minimum atomic E-state index is 0.101. The van der Waals surface area contributed by atoms with Crippen LogP contribution in [0, 0.1) is 5.92 Å². The molecule has 0 fully saturated rings. The molecule has 0 unspecified atom stereocenters. The van der Waals surface area contributed by atoms with E-state index in [-0.39, 0.29) is 5.91 Å². The number of rotatable bonds is 4. The normalized spacial score (nSPS) is 10.6. The van der Waals surface area contributed by atoms with Crippen LogP contribution in [0.3, 0.4) is 0 Å². The van der Waals surface area contributed by atoms with E-state index >= 15 is 0 Å². The molecule has 0 aliphatic heterocycles. The first-order valence-electron chi connectivity index (χ1n) is 5.63. The second-order valence-electron chi connectivity index (χ2n) is 4.28. The molecule has 88 valence electrons. The van der Waals surface area contributed by atoms with Gasteiger partial charge in [0.15, 0.2) is 0 Å². The number of carbonyl (C=O) groups excluding carboxylic acids is 1. The molecule has 0 heterocycles. The standard InChI is InChI=1S/C13H19NOS/c1-4-14(9-10(2)3)13(15)11-5-7-12(16)8-6-11/h5-8,10,16H,4,9H2,1-3H3. The van der Waals surface area contributed by atoms with Gasteiger partial charge >= 0.3 is 0 Å². The maximum absolute atomic E-state index is 12.1. The molecule has 1 aromatic carbocycles. The van der Waals surface area contributed by atoms with Crippen LogP contribution in [0.4, 0.5) is 0 Å². The Labute approximate surface area is 103 Å². The van der Waals surface area contributed by atoms with Crippen molar-refractivity contribution in [2.45, 2.75) is 25.7 Å². The lowest BCUT2D eigenvalue weighted by molar-refractivity contribution is 0.0745. The first-order valence-corrected chi connectivity index (χ1v) is 6.07. The van der Waals surface area contributed by atoms with Crippen LogP contribution < -0.4 is 0 Å². The van der Waals surface area contributed by atoms with Crippen molar-refractivity contribution in [2.75, 3.05) is 13.1 Å². The summed E-state index contributed by atoms with van der Waals surface area (Å²) < 4.78 is 0. The van der Waals surface area contributed by atoms with Gasteiger partial charge in [-0.25, -0.2) is 0 Å². The Bertz CT molecular complexity index is 345. The van der Waals surface area contributed by atoms with Gasteiger partial charge < -0.3 is 4.90 Å². The lowest BCUT2D eigenvalue weighted by Crippen LogP contribution is -2.33. The van der Waals surface area contributed by atoms with Crippen molar-refractivity contribution < 1.29 is 4.79 Å². The lowest BCUT2D eigenvalue weighted by Gasteiger charge is -2.23. The zero-order chi connectivity index (χ0) is 12.1. The lowest BCUT2D eigenvalue weighted by atomic mass is 10.1. The Balaban J connectivity index is 2.78. The zero-order valence-corrected chi connectivity index (χ0v) is 11.0. The van der Waals surface area contributed by atoms with Gasteiger partial charge in [0.1, 0.15) is 0 Å². The number of benzene rings is 1. The van der Waals surface area contributed by atoms with Crippen LogP contribution in [-0.4, -0.2) is 23.9 Å². The average Bonchev–Trinajstić information content (AvgIpc) is 2.25. The van der Waals surface area contributed by atoms with E-state index < -0.39 is 0 Å². The minimum Gasteiger partial charge on any atom is -0.339 e. The zero-order valence-electron chi connectivity index (χ0n) is 10.1. The van der Waals surface area contributed by atoms with E-state index in [1.165, 1.54) is 0 Å². The van der Waals surface area contributed by atoms with Crippen molar-refractivity contribution in [3.63, 3.8) is 0 Å². The van der Waals surface area contributed by atoms with Gasteiger partial charge in [-0.15, -0.1) is 12.6 Å². The van der Waals surface area contributed by atoms with Crippen LogP contribution in [0.25, 0.3) is 0 Å². The van der Waals surface area contributed by atoms with Crippen LogP contribution >= 0.6 is 12.6 Å². The van der Waals surface area contributed by atoms with Gasteiger partial charge in [-0.3, -0.25) is 4.79 Å². The van der Waals surface area contributed by atoms with E-state index in [4.69, 9.17) is 0 Å². The summed E-state index contributed by atoms with van der Waals surface area (Å²) in [4.78, 5) is 14.9. The van der Waals surface area contributed by atoms with E-state index in [0.717, 1.165) is 23.5 Å². The number of nitrogens with zero attached hydrogens (tertiary/aromatic N) is 1. The highest BCUT2D eigenvalue weighted by atomic mass is 32.1. The van der Waals surface area contributed by atoms with Gasteiger partial charge in [0.25, 0.3) is 5.91 Å². The van der Waals surface area contributed by atoms with E-state index in [2.05, 4.69) is 26.5 Å². The van der Waals surface area contributed by atoms with Crippen molar-refractivity contribution in [2.24, 2.45) is 5.92 Å². The maximum Gasteiger partial charge on any atom is 0.253 e. The molecule has 0 radical (unpaired) electrons.